The zero-order valence-corrected chi connectivity index (χ0v) is 11.5. The van der Waals surface area contributed by atoms with Crippen molar-refractivity contribution in [2.24, 2.45) is 0 Å². The standard InChI is InChI=1S/C13H18N4OS/c18-12(10-5-4-8-14-9-10)16-17-13(19)15-11-6-2-1-3-7-11/h4-5,8-9,11H,1-3,6-7H2,(H,16,18)(H2,15,17,19). The van der Waals surface area contributed by atoms with Gasteiger partial charge in [-0.1, -0.05) is 19.3 Å². The van der Waals surface area contributed by atoms with Crippen LogP contribution in [0.25, 0.3) is 0 Å². The Morgan fingerprint density at radius 3 is 2.74 bits per heavy atom. The summed E-state index contributed by atoms with van der Waals surface area (Å²) in [5.74, 6) is -0.249. The van der Waals surface area contributed by atoms with E-state index in [0.29, 0.717) is 16.7 Å². The maximum Gasteiger partial charge on any atom is 0.271 e. The molecule has 1 saturated carbocycles. The second kappa shape index (κ2) is 7.04. The molecule has 5 nitrogen and oxygen atoms in total. The predicted molar refractivity (Wildman–Crippen MR) is 77.4 cm³/mol. The van der Waals surface area contributed by atoms with Crippen LogP contribution in [0.1, 0.15) is 42.5 Å². The van der Waals surface area contributed by atoms with E-state index in [0.717, 1.165) is 12.8 Å². The minimum atomic E-state index is -0.249. The Balaban J connectivity index is 1.72. The number of pyridine rings is 1. The van der Waals surface area contributed by atoms with Gasteiger partial charge in [0.2, 0.25) is 0 Å². The van der Waals surface area contributed by atoms with Crippen molar-refractivity contribution in [1.29, 1.82) is 0 Å². The van der Waals surface area contributed by atoms with E-state index in [1.54, 1.807) is 18.3 Å². The van der Waals surface area contributed by atoms with Crippen LogP contribution in [0, 0.1) is 0 Å². The number of rotatable bonds is 2. The molecule has 1 aliphatic carbocycles. The largest absolute Gasteiger partial charge is 0.359 e. The molecule has 1 heterocycles. The van der Waals surface area contributed by atoms with Crippen molar-refractivity contribution in [3.63, 3.8) is 0 Å². The van der Waals surface area contributed by atoms with Crippen molar-refractivity contribution >= 4 is 23.2 Å². The summed E-state index contributed by atoms with van der Waals surface area (Å²) < 4.78 is 0. The number of hydrogen-bond donors (Lipinski definition) is 3. The van der Waals surface area contributed by atoms with E-state index in [-0.39, 0.29) is 5.91 Å². The Kier molecular flexibility index (Phi) is 5.09. The molecule has 1 aromatic heterocycles. The van der Waals surface area contributed by atoms with Crippen LogP contribution in [-0.4, -0.2) is 22.0 Å². The Bertz CT molecular complexity index is 432. The molecule has 19 heavy (non-hydrogen) atoms. The monoisotopic (exact) mass is 278 g/mol. The van der Waals surface area contributed by atoms with Gasteiger partial charge in [0.1, 0.15) is 0 Å². The molecule has 1 fully saturated rings. The van der Waals surface area contributed by atoms with Crippen molar-refractivity contribution in [3.8, 4) is 0 Å². The number of thiocarbonyl (C=S) groups is 1. The van der Waals surface area contributed by atoms with E-state index >= 15 is 0 Å². The highest BCUT2D eigenvalue weighted by Crippen LogP contribution is 2.17. The number of amides is 1. The van der Waals surface area contributed by atoms with Gasteiger partial charge in [0, 0.05) is 18.4 Å². The molecule has 102 valence electrons. The first-order valence-corrected chi connectivity index (χ1v) is 6.93. The first-order valence-electron chi connectivity index (χ1n) is 6.52. The second-order valence-corrected chi connectivity index (χ2v) is 5.04. The van der Waals surface area contributed by atoms with E-state index < -0.39 is 0 Å². The minimum absolute atomic E-state index is 0.249. The fourth-order valence-electron chi connectivity index (χ4n) is 2.15. The Hall–Kier alpha value is -1.69. The fourth-order valence-corrected chi connectivity index (χ4v) is 2.37. The van der Waals surface area contributed by atoms with Gasteiger partial charge >= 0.3 is 0 Å². The summed E-state index contributed by atoms with van der Waals surface area (Å²) in [6.45, 7) is 0. The van der Waals surface area contributed by atoms with Gasteiger partial charge in [-0.15, -0.1) is 0 Å². The highest BCUT2D eigenvalue weighted by molar-refractivity contribution is 7.80. The van der Waals surface area contributed by atoms with Gasteiger partial charge in [0.25, 0.3) is 5.91 Å². The lowest BCUT2D eigenvalue weighted by Crippen LogP contribution is -2.50. The zero-order chi connectivity index (χ0) is 13.5. The van der Waals surface area contributed by atoms with Crippen molar-refractivity contribution in [3.05, 3.63) is 30.1 Å². The summed E-state index contributed by atoms with van der Waals surface area (Å²) >= 11 is 5.15. The minimum Gasteiger partial charge on any atom is -0.359 e. The molecule has 0 atom stereocenters. The van der Waals surface area contributed by atoms with Gasteiger partial charge in [0.15, 0.2) is 5.11 Å². The lowest BCUT2D eigenvalue weighted by atomic mass is 9.96. The van der Waals surface area contributed by atoms with Gasteiger partial charge in [-0.2, -0.15) is 0 Å². The number of aromatic nitrogens is 1. The third-order valence-corrected chi connectivity index (χ3v) is 3.37. The van der Waals surface area contributed by atoms with Gasteiger partial charge in [0.05, 0.1) is 5.56 Å². The third-order valence-electron chi connectivity index (χ3n) is 3.15. The Morgan fingerprint density at radius 2 is 2.05 bits per heavy atom. The SMILES string of the molecule is O=C(NNC(=S)NC1CCCCC1)c1cccnc1. The van der Waals surface area contributed by atoms with Crippen LogP contribution in [0.2, 0.25) is 0 Å². The molecule has 0 saturated heterocycles. The van der Waals surface area contributed by atoms with Crippen LogP contribution in [0.15, 0.2) is 24.5 Å². The van der Waals surface area contributed by atoms with Gasteiger partial charge in [-0.3, -0.25) is 20.6 Å². The molecule has 0 spiro atoms. The number of hydrogen-bond acceptors (Lipinski definition) is 3. The van der Waals surface area contributed by atoms with E-state index in [9.17, 15) is 4.79 Å². The summed E-state index contributed by atoms with van der Waals surface area (Å²) in [6, 6.07) is 3.83. The predicted octanol–water partition coefficient (Wildman–Crippen LogP) is 1.52. The topological polar surface area (TPSA) is 66.1 Å². The molecule has 1 aromatic rings. The molecule has 0 aliphatic heterocycles. The average Bonchev–Trinajstić information content (AvgIpc) is 2.47. The van der Waals surface area contributed by atoms with Crippen molar-refractivity contribution in [1.82, 2.24) is 21.2 Å². The molecule has 1 aliphatic rings. The van der Waals surface area contributed by atoms with Gasteiger partial charge in [-0.25, -0.2) is 0 Å². The first-order chi connectivity index (χ1) is 9.25. The van der Waals surface area contributed by atoms with E-state index in [4.69, 9.17) is 12.2 Å². The number of carbonyl (C=O) groups excluding carboxylic acids is 1. The molecule has 0 aromatic carbocycles. The Labute approximate surface area is 118 Å². The smallest absolute Gasteiger partial charge is 0.271 e. The van der Waals surface area contributed by atoms with E-state index in [1.165, 1.54) is 25.5 Å². The van der Waals surface area contributed by atoms with Crippen LogP contribution >= 0.6 is 12.2 Å². The van der Waals surface area contributed by atoms with Crippen LogP contribution in [-0.2, 0) is 0 Å². The molecular formula is C13H18N4OS. The highest BCUT2D eigenvalue weighted by Gasteiger charge is 2.14. The molecule has 3 N–H and O–H groups in total. The van der Waals surface area contributed by atoms with Crippen molar-refractivity contribution in [2.75, 3.05) is 0 Å². The first kappa shape index (κ1) is 13.7. The summed E-state index contributed by atoms with van der Waals surface area (Å²) in [5, 5.41) is 3.68. The molecule has 0 bridgehead atoms. The number of nitrogens with zero attached hydrogens (tertiary/aromatic N) is 1. The molecular weight excluding hydrogens is 260 g/mol. The molecule has 6 heteroatoms. The van der Waals surface area contributed by atoms with E-state index in [1.807, 2.05) is 0 Å². The molecule has 2 rings (SSSR count). The lowest BCUT2D eigenvalue weighted by molar-refractivity contribution is 0.0943. The van der Waals surface area contributed by atoms with Crippen LogP contribution in [0.4, 0.5) is 0 Å². The van der Waals surface area contributed by atoms with Crippen LogP contribution in [0.5, 0.6) is 0 Å². The van der Waals surface area contributed by atoms with Crippen LogP contribution < -0.4 is 16.2 Å². The lowest BCUT2D eigenvalue weighted by Gasteiger charge is -2.24. The molecule has 0 unspecified atom stereocenters. The summed E-state index contributed by atoms with van der Waals surface area (Å²) in [4.78, 5) is 15.6. The van der Waals surface area contributed by atoms with Crippen molar-refractivity contribution in [2.45, 2.75) is 38.1 Å². The summed E-state index contributed by atoms with van der Waals surface area (Å²) in [6.07, 6.45) is 9.19. The zero-order valence-electron chi connectivity index (χ0n) is 10.7. The maximum atomic E-state index is 11.7. The normalized spacial score (nSPS) is 15.6. The second-order valence-electron chi connectivity index (χ2n) is 4.63. The molecule has 1 amide bonds. The van der Waals surface area contributed by atoms with E-state index in [2.05, 4.69) is 21.2 Å². The summed E-state index contributed by atoms with van der Waals surface area (Å²) in [5.41, 5.74) is 5.77. The number of hydrazine groups is 1. The summed E-state index contributed by atoms with van der Waals surface area (Å²) in [7, 11) is 0. The fraction of sp³-hybridized carbons (Fsp3) is 0.462. The van der Waals surface area contributed by atoms with Gasteiger partial charge < -0.3 is 5.32 Å². The van der Waals surface area contributed by atoms with Crippen molar-refractivity contribution < 1.29 is 4.79 Å². The van der Waals surface area contributed by atoms with Crippen LogP contribution in [0.3, 0.4) is 0 Å². The maximum absolute atomic E-state index is 11.7. The average molecular weight is 278 g/mol. The quantitative estimate of drug-likeness (QED) is 0.565. The number of nitrogens with one attached hydrogen (secondary N) is 3. The molecule has 0 radical (unpaired) electrons. The highest BCUT2D eigenvalue weighted by atomic mass is 32.1. The third kappa shape index (κ3) is 4.48. The van der Waals surface area contributed by atoms with Gasteiger partial charge in [-0.05, 0) is 37.2 Å². The Morgan fingerprint density at radius 1 is 1.26 bits per heavy atom. The number of carbonyl (C=O) groups is 1.